The van der Waals surface area contributed by atoms with E-state index in [1.54, 1.807) is 29.3 Å². The zero-order valence-corrected chi connectivity index (χ0v) is 14.3. The number of aryl methyl sites for hydroxylation is 1. The monoisotopic (exact) mass is 342 g/mol. The third-order valence-electron chi connectivity index (χ3n) is 4.87. The zero-order chi connectivity index (χ0) is 17.3. The van der Waals surface area contributed by atoms with Crippen LogP contribution in [-0.4, -0.2) is 57.0 Å². The first kappa shape index (κ1) is 16.1. The SMILES string of the molecule is Cn1ccc(C(=O)N2CCCC3(CC(Oc4cccnc4)CO3)C2)n1. The summed E-state index contributed by atoms with van der Waals surface area (Å²) in [6.45, 7) is 1.88. The number of amides is 1. The third-order valence-corrected chi connectivity index (χ3v) is 4.87. The van der Waals surface area contributed by atoms with Crippen LogP contribution in [0.1, 0.15) is 29.8 Å². The van der Waals surface area contributed by atoms with Crippen molar-refractivity contribution in [1.29, 1.82) is 0 Å². The van der Waals surface area contributed by atoms with Crippen LogP contribution in [-0.2, 0) is 11.8 Å². The first-order valence-electron chi connectivity index (χ1n) is 8.63. The summed E-state index contributed by atoms with van der Waals surface area (Å²) in [6.07, 6.45) is 7.88. The summed E-state index contributed by atoms with van der Waals surface area (Å²) in [5.74, 6) is 0.727. The van der Waals surface area contributed by atoms with E-state index in [0.717, 1.165) is 31.6 Å². The van der Waals surface area contributed by atoms with Gasteiger partial charge in [-0.05, 0) is 31.0 Å². The molecule has 7 nitrogen and oxygen atoms in total. The summed E-state index contributed by atoms with van der Waals surface area (Å²) >= 11 is 0. The highest BCUT2D eigenvalue weighted by molar-refractivity contribution is 5.92. The van der Waals surface area contributed by atoms with Crippen molar-refractivity contribution in [1.82, 2.24) is 19.7 Å². The predicted octanol–water partition coefficient (Wildman–Crippen LogP) is 1.66. The van der Waals surface area contributed by atoms with E-state index in [-0.39, 0.29) is 17.6 Å². The highest BCUT2D eigenvalue weighted by Crippen LogP contribution is 2.36. The normalized spacial score (nSPS) is 26.1. The van der Waals surface area contributed by atoms with Crippen molar-refractivity contribution in [2.24, 2.45) is 7.05 Å². The number of rotatable bonds is 3. The Morgan fingerprint density at radius 3 is 3.12 bits per heavy atom. The second-order valence-corrected chi connectivity index (χ2v) is 6.83. The average molecular weight is 342 g/mol. The molecule has 0 aliphatic carbocycles. The predicted molar refractivity (Wildman–Crippen MR) is 90.3 cm³/mol. The molecule has 132 valence electrons. The fourth-order valence-corrected chi connectivity index (χ4v) is 3.73. The van der Waals surface area contributed by atoms with Crippen LogP contribution in [0.2, 0.25) is 0 Å². The molecule has 0 saturated carbocycles. The Balaban J connectivity index is 1.41. The van der Waals surface area contributed by atoms with E-state index < -0.39 is 0 Å². The number of pyridine rings is 1. The number of piperidine rings is 1. The maximum absolute atomic E-state index is 12.7. The molecule has 0 bridgehead atoms. The molecule has 0 N–H and O–H groups in total. The highest BCUT2D eigenvalue weighted by atomic mass is 16.6. The van der Waals surface area contributed by atoms with Crippen LogP contribution < -0.4 is 4.74 Å². The van der Waals surface area contributed by atoms with Gasteiger partial charge in [0.05, 0.1) is 24.9 Å². The van der Waals surface area contributed by atoms with Gasteiger partial charge in [0.1, 0.15) is 17.5 Å². The standard InChI is InChI=1S/C18H22N4O3/c1-21-9-5-16(20-21)17(23)22-8-3-6-18(13-22)10-15(12-24-18)25-14-4-2-7-19-11-14/h2,4-5,7,9,11,15H,3,6,8,10,12-13H2,1H3. The van der Waals surface area contributed by atoms with Crippen molar-refractivity contribution in [3.05, 3.63) is 42.5 Å². The van der Waals surface area contributed by atoms with E-state index in [4.69, 9.17) is 9.47 Å². The Labute approximate surface area is 146 Å². The molecule has 2 aliphatic heterocycles. The Morgan fingerprint density at radius 2 is 2.36 bits per heavy atom. The maximum Gasteiger partial charge on any atom is 0.274 e. The molecule has 0 aromatic carbocycles. The Morgan fingerprint density at radius 1 is 1.44 bits per heavy atom. The average Bonchev–Trinajstić information content (AvgIpc) is 3.22. The lowest BCUT2D eigenvalue weighted by Gasteiger charge is -2.39. The van der Waals surface area contributed by atoms with Crippen LogP contribution in [0.15, 0.2) is 36.8 Å². The first-order chi connectivity index (χ1) is 12.1. The van der Waals surface area contributed by atoms with E-state index in [2.05, 4.69) is 10.1 Å². The van der Waals surface area contributed by atoms with Crippen LogP contribution in [0.4, 0.5) is 0 Å². The quantitative estimate of drug-likeness (QED) is 0.848. The lowest BCUT2D eigenvalue weighted by Crippen LogP contribution is -2.50. The number of carbonyl (C=O) groups is 1. The summed E-state index contributed by atoms with van der Waals surface area (Å²) in [6, 6.07) is 5.51. The summed E-state index contributed by atoms with van der Waals surface area (Å²) in [7, 11) is 1.81. The van der Waals surface area contributed by atoms with Crippen LogP contribution in [0.3, 0.4) is 0 Å². The van der Waals surface area contributed by atoms with Gasteiger partial charge < -0.3 is 14.4 Å². The second kappa shape index (κ2) is 6.48. The van der Waals surface area contributed by atoms with Gasteiger partial charge in [-0.1, -0.05) is 0 Å². The first-order valence-corrected chi connectivity index (χ1v) is 8.63. The smallest absolute Gasteiger partial charge is 0.274 e. The van der Waals surface area contributed by atoms with Gasteiger partial charge in [0.2, 0.25) is 0 Å². The molecule has 2 aromatic rings. The molecule has 1 spiro atoms. The van der Waals surface area contributed by atoms with E-state index in [9.17, 15) is 4.79 Å². The molecular formula is C18H22N4O3. The molecule has 0 radical (unpaired) electrons. The fraction of sp³-hybridized carbons (Fsp3) is 0.500. The van der Waals surface area contributed by atoms with E-state index >= 15 is 0 Å². The fourth-order valence-electron chi connectivity index (χ4n) is 3.73. The topological polar surface area (TPSA) is 69.5 Å². The molecule has 2 fully saturated rings. The number of carbonyl (C=O) groups excluding carboxylic acids is 1. The Bertz CT molecular complexity index is 748. The van der Waals surface area contributed by atoms with E-state index in [1.165, 1.54) is 0 Å². The molecule has 1 amide bonds. The van der Waals surface area contributed by atoms with Crippen LogP contribution in [0, 0.1) is 0 Å². The lowest BCUT2D eigenvalue weighted by atomic mass is 9.89. The largest absolute Gasteiger partial charge is 0.486 e. The Kier molecular flexibility index (Phi) is 4.17. The minimum atomic E-state index is -0.310. The molecule has 4 heterocycles. The zero-order valence-electron chi connectivity index (χ0n) is 14.3. The van der Waals surface area contributed by atoms with Gasteiger partial charge in [-0.15, -0.1) is 0 Å². The number of likely N-dealkylation sites (tertiary alicyclic amines) is 1. The van der Waals surface area contributed by atoms with Gasteiger partial charge >= 0.3 is 0 Å². The molecule has 2 atom stereocenters. The van der Waals surface area contributed by atoms with E-state index in [1.807, 2.05) is 24.1 Å². The van der Waals surface area contributed by atoms with Gasteiger partial charge in [0, 0.05) is 32.4 Å². The van der Waals surface area contributed by atoms with Crippen LogP contribution in [0.5, 0.6) is 5.75 Å². The maximum atomic E-state index is 12.7. The molecule has 4 rings (SSSR count). The number of aromatic nitrogens is 3. The molecule has 25 heavy (non-hydrogen) atoms. The van der Waals surface area contributed by atoms with Gasteiger partial charge in [0.15, 0.2) is 0 Å². The van der Waals surface area contributed by atoms with Gasteiger partial charge in [-0.25, -0.2) is 0 Å². The van der Waals surface area contributed by atoms with Crippen molar-refractivity contribution in [2.75, 3.05) is 19.7 Å². The molecule has 2 saturated heterocycles. The molecule has 2 aliphatic rings. The molecule has 7 heteroatoms. The minimum Gasteiger partial charge on any atom is -0.486 e. The summed E-state index contributed by atoms with van der Waals surface area (Å²) in [5.41, 5.74) is 0.177. The third kappa shape index (κ3) is 3.37. The van der Waals surface area contributed by atoms with Crippen molar-refractivity contribution in [3.63, 3.8) is 0 Å². The summed E-state index contributed by atoms with van der Waals surface area (Å²) < 4.78 is 13.8. The molecular weight excluding hydrogens is 320 g/mol. The second-order valence-electron chi connectivity index (χ2n) is 6.83. The molecule has 2 unspecified atom stereocenters. The van der Waals surface area contributed by atoms with E-state index in [0.29, 0.717) is 18.8 Å². The van der Waals surface area contributed by atoms with Crippen molar-refractivity contribution in [2.45, 2.75) is 31.0 Å². The lowest BCUT2D eigenvalue weighted by molar-refractivity contribution is -0.0454. The number of hydrogen-bond acceptors (Lipinski definition) is 5. The van der Waals surface area contributed by atoms with Crippen molar-refractivity contribution in [3.8, 4) is 5.75 Å². The van der Waals surface area contributed by atoms with Gasteiger partial charge in [0.25, 0.3) is 5.91 Å². The highest BCUT2D eigenvalue weighted by Gasteiger charge is 2.45. The minimum absolute atomic E-state index is 0.00546. The van der Waals surface area contributed by atoms with Crippen molar-refractivity contribution < 1.29 is 14.3 Å². The number of ether oxygens (including phenoxy) is 2. The number of nitrogens with zero attached hydrogens (tertiary/aromatic N) is 4. The molecule has 2 aromatic heterocycles. The van der Waals surface area contributed by atoms with Crippen LogP contribution in [0.25, 0.3) is 0 Å². The summed E-state index contributed by atoms with van der Waals surface area (Å²) in [4.78, 5) is 18.6. The number of hydrogen-bond donors (Lipinski definition) is 0. The summed E-state index contributed by atoms with van der Waals surface area (Å²) in [5, 5.41) is 4.22. The van der Waals surface area contributed by atoms with Crippen LogP contribution >= 0.6 is 0 Å². The van der Waals surface area contributed by atoms with Gasteiger partial charge in [-0.2, -0.15) is 5.10 Å². The van der Waals surface area contributed by atoms with Crippen molar-refractivity contribution >= 4 is 5.91 Å². The van der Waals surface area contributed by atoms with Gasteiger partial charge in [-0.3, -0.25) is 14.5 Å². The Hall–Kier alpha value is -2.41.